The molecule has 0 saturated carbocycles. The van der Waals surface area contributed by atoms with Crippen molar-refractivity contribution >= 4 is 11.6 Å². The molecule has 0 aromatic heterocycles. The van der Waals surface area contributed by atoms with Crippen molar-refractivity contribution in [3.05, 3.63) is 59.2 Å². The van der Waals surface area contributed by atoms with E-state index in [1.807, 2.05) is 37.3 Å². The normalized spacial score (nSPS) is 13.8. The molecular weight excluding hydrogens is 266 g/mol. The van der Waals surface area contributed by atoms with Gasteiger partial charge in [-0.3, -0.25) is 4.79 Å². The van der Waals surface area contributed by atoms with Gasteiger partial charge in [-0.05, 0) is 35.7 Å². The van der Waals surface area contributed by atoms with E-state index in [9.17, 15) is 9.90 Å². The molecule has 0 radical (unpaired) electrons. The number of carbonyl (C=O) groups is 1. The Balaban J connectivity index is 1.99. The van der Waals surface area contributed by atoms with Gasteiger partial charge in [0.2, 0.25) is 0 Å². The summed E-state index contributed by atoms with van der Waals surface area (Å²) in [6.45, 7) is 2.54. The summed E-state index contributed by atoms with van der Waals surface area (Å²) in [7, 11) is 0. The number of benzene rings is 2. The molecule has 0 saturated heterocycles. The molecule has 2 aromatic carbocycles. The fourth-order valence-corrected chi connectivity index (χ4v) is 2.48. The van der Waals surface area contributed by atoms with Crippen LogP contribution in [0.2, 0.25) is 0 Å². The number of rotatable bonds is 3. The summed E-state index contributed by atoms with van der Waals surface area (Å²) in [5, 5.41) is 9.28. The number of aryl methyl sites for hydroxylation is 1. The zero-order valence-corrected chi connectivity index (χ0v) is 11.9. The van der Waals surface area contributed by atoms with Gasteiger partial charge in [-0.15, -0.1) is 0 Å². The predicted octanol–water partition coefficient (Wildman–Crippen LogP) is 2.41. The van der Waals surface area contributed by atoms with Crippen molar-refractivity contribution in [3.8, 4) is 5.75 Å². The molecule has 21 heavy (non-hydrogen) atoms. The molecule has 1 heterocycles. The Bertz CT molecular complexity index is 681. The van der Waals surface area contributed by atoms with Crippen LogP contribution >= 0.6 is 0 Å². The van der Waals surface area contributed by atoms with Crippen LogP contribution in [0.4, 0.5) is 5.69 Å². The van der Waals surface area contributed by atoms with Gasteiger partial charge in [-0.2, -0.15) is 0 Å². The highest BCUT2D eigenvalue weighted by Gasteiger charge is 2.26. The van der Waals surface area contributed by atoms with Crippen LogP contribution in [0.15, 0.2) is 42.5 Å². The average Bonchev–Trinajstić information content (AvgIpc) is 2.51. The number of aliphatic hydroxyl groups is 1. The number of aliphatic hydroxyl groups excluding tert-OH is 1. The third kappa shape index (κ3) is 2.62. The second-order valence-corrected chi connectivity index (χ2v) is 5.16. The first-order chi connectivity index (χ1) is 10.2. The molecule has 0 atom stereocenters. The molecule has 4 nitrogen and oxygen atoms in total. The van der Waals surface area contributed by atoms with Crippen molar-refractivity contribution in [2.45, 2.75) is 20.1 Å². The number of amides is 1. The minimum Gasteiger partial charge on any atom is -0.482 e. The summed E-state index contributed by atoms with van der Waals surface area (Å²) in [6.07, 6.45) is 0. The highest BCUT2D eigenvalue weighted by Crippen LogP contribution is 2.34. The summed E-state index contributed by atoms with van der Waals surface area (Å²) in [4.78, 5) is 13.9. The predicted molar refractivity (Wildman–Crippen MR) is 80.2 cm³/mol. The zero-order chi connectivity index (χ0) is 14.8. The van der Waals surface area contributed by atoms with Crippen LogP contribution in [0.1, 0.15) is 16.7 Å². The maximum Gasteiger partial charge on any atom is 0.265 e. The lowest BCUT2D eigenvalue weighted by Gasteiger charge is -2.30. The lowest BCUT2D eigenvalue weighted by atomic mass is 10.1. The lowest BCUT2D eigenvalue weighted by molar-refractivity contribution is -0.121. The largest absolute Gasteiger partial charge is 0.482 e. The van der Waals surface area contributed by atoms with Crippen molar-refractivity contribution in [1.29, 1.82) is 0 Å². The summed E-state index contributed by atoms with van der Waals surface area (Å²) < 4.78 is 5.46. The van der Waals surface area contributed by atoms with Gasteiger partial charge in [0.05, 0.1) is 18.8 Å². The van der Waals surface area contributed by atoms with Gasteiger partial charge in [0.1, 0.15) is 5.75 Å². The van der Waals surface area contributed by atoms with Crippen LogP contribution in [-0.4, -0.2) is 17.6 Å². The van der Waals surface area contributed by atoms with Crippen molar-refractivity contribution in [2.75, 3.05) is 11.5 Å². The number of ether oxygens (including phenoxy) is 1. The summed E-state index contributed by atoms with van der Waals surface area (Å²) >= 11 is 0. The first kappa shape index (κ1) is 13.6. The van der Waals surface area contributed by atoms with E-state index in [4.69, 9.17) is 4.74 Å². The minimum atomic E-state index is -0.0687. The van der Waals surface area contributed by atoms with E-state index in [2.05, 4.69) is 0 Å². The van der Waals surface area contributed by atoms with Crippen LogP contribution in [-0.2, 0) is 17.9 Å². The van der Waals surface area contributed by atoms with Gasteiger partial charge in [-0.25, -0.2) is 0 Å². The van der Waals surface area contributed by atoms with Gasteiger partial charge < -0.3 is 14.7 Å². The van der Waals surface area contributed by atoms with Gasteiger partial charge in [0.15, 0.2) is 6.61 Å². The Hall–Kier alpha value is -2.33. The number of nitrogens with zero attached hydrogens (tertiary/aromatic N) is 1. The van der Waals surface area contributed by atoms with Crippen LogP contribution in [0.5, 0.6) is 5.75 Å². The van der Waals surface area contributed by atoms with E-state index in [1.54, 1.807) is 17.0 Å². The molecule has 1 N–H and O–H groups in total. The standard InChI is InChI=1S/C17H17NO3/c1-12-4-2-3-5-14(12)9-18-15-8-13(10-19)6-7-16(15)21-11-17(18)20/h2-8,19H,9-11H2,1H3. The van der Waals surface area contributed by atoms with Crippen LogP contribution in [0.25, 0.3) is 0 Å². The number of fused-ring (bicyclic) bond motifs is 1. The van der Waals surface area contributed by atoms with E-state index in [0.29, 0.717) is 12.3 Å². The number of carbonyl (C=O) groups excluding carboxylic acids is 1. The van der Waals surface area contributed by atoms with E-state index in [1.165, 1.54) is 0 Å². The van der Waals surface area contributed by atoms with Crippen molar-refractivity contribution in [3.63, 3.8) is 0 Å². The molecule has 108 valence electrons. The highest BCUT2D eigenvalue weighted by molar-refractivity contribution is 5.97. The monoisotopic (exact) mass is 283 g/mol. The fourth-order valence-electron chi connectivity index (χ4n) is 2.48. The molecule has 0 fully saturated rings. The fraction of sp³-hybridized carbons (Fsp3) is 0.235. The second kappa shape index (κ2) is 5.58. The Morgan fingerprint density at radius 1 is 1.24 bits per heavy atom. The Kier molecular flexibility index (Phi) is 3.62. The maximum atomic E-state index is 12.2. The molecule has 2 aromatic rings. The van der Waals surface area contributed by atoms with Crippen LogP contribution < -0.4 is 9.64 Å². The van der Waals surface area contributed by atoms with Gasteiger partial charge in [0, 0.05) is 0 Å². The molecule has 0 unspecified atom stereocenters. The van der Waals surface area contributed by atoms with Crippen molar-refractivity contribution < 1.29 is 14.6 Å². The Morgan fingerprint density at radius 3 is 2.81 bits per heavy atom. The summed E-state index contributed by atoms with van der Waals surface area (Å²) in [5.41, 5.74) is 3.74. The molecule has 3 rings (SSSR count). The molecule has 1 aliphatic rings. The maximum absolute atomic E-state index is 12.2. The molecule has 4 heteroatoms. The van der Waals surface area contributed by atoms with Gasteiger partial charge >= 0.3 is 0 Å². The number of hydrogen-bond donors (Lipinski definition) is 1. The third-order valence-corrected chi connectivity index (χ3v) is 3.74. The Labute approximate surface area is 123 Å². The first-order valence-electron chi connectivity index (χ1n) is 6.90. The third-order valence-electron chi connectivity index (χ3n) is 3.74. The number of anilines is 1. The smallest absolute Gasteiger partial charge is 0.265 e. The van der Waals surface area contributed by atoms with Crippen molar-refractivity contribution in [1.82, 2.24) is 0 Å². The summed E-state index contributed by atoms with van der Waals surface area (Å²) in [5.74, 6) is 0.612. The lowest BCUT2D eigenvalue weighted by Crippen LogP contribution is -2.38. The molecule has 1 aliphatic heterocycles. The molecule has 0 bridgehead atoms. The van der Waals surface area contributed by atoms with Gasteiger partial charge in [-0.1, -0.05) is 30.3 Å². The minimum absolute atomic E-state index is 0.0529. The SMILES string of the molecule is Cc1ccccc1CN1C(=O)COc2ccc(CO)cc21. The van der Waals surface area contributed by atoms with E-state index < -0.39 is 0 Å². The highest BCUT2D eigenvalue weighted by atomic mass is 16.5. The summed E-state index contributed by atoms with van der Waals surface area (Å²) in [6, 6.07) is 13.4. The van der Waals surface area contributed by atoms with Crippen LogP contribution in [0, 0.1) is 6.92 Å². The second-order valence-electron chi connectivity index (χ2n) is 5.16. The van der Waals surface area contributed by atoms with Gasteiger partial charge in [0.25, 0.3) is 5.91 Å². The molecule has 0 aliphatic carbocycles. The average molecular weight is 283 g/mol. The van der Waals surface area contributed by atoms with E-state index >= 15 is 0 Å². The quantitative estimate of drug-likeness (QED) is 0.941. The number of hydrogen-bond acceptors (Lipinski definition) is 3. The first-order valence-corrected chi connectivity index (χ1v) is 6.90. The van der Waals surface area contributed by atoms with E-state index in [-0.39, 0.29) is 19.1 Å². The molecular formula is C17H17NO3. The van der Waals surface area contributed by atoms with E-state index in [0.717, 1.165) is 22.4 Å². The molecule has 1 amide bonds. The van der Waals surface area contributed by atoms with Crippen molar-refractivity contribution in [2.24, 2.45) is 0 Å². The molecule has 0 spiro atoms. The topological polar surface area (TPSA) is 49.8 Å². The van der Waals surface area contributed by atoms with Crippen LogP contribution in [0.3, 0.4) is 0 Å². The zero-order valence-electron chi connectivity index (χ0n) is 11.9. The Morgan fingerprint density at radius 2 is 2.05 bits per heavy atom.